The summed E-state index contributed by atoms with van der Waals surface area (Å²) in [4.78, 5) is 0.607. The van der Waals surface area contributed by atoms with Crippen LogP contribution in [0.4, 0.5) is 0 Å². The molecule has 0 heterocycles. The molecule has 0 aliphatic carbocycles. The monoisotopic (exact) mass is 217 g/mol. The van der Waals surface area contributed by atoms with Crippen molar-refractivity contribution in [3.8, 4) is 6.07 Å². The molecule has 2 heteroatoms. The SMILES string of the molecule is CCCC(Br)CC(C)CC#N. The first-order chi connectivity index (χ1) is 5.20. The lowest BCUT2D eigenvalue weighted by atomic mass is 10.0. The van der Waals surface area contributed by atoms with Gasteiger partial charge >= 0.3 is 0 Å². The fourth-order valence-electron chi connectivity index (χ4n) is 1.11. The molecule has 0 radical (unpaired) electrons. The summed E-state index contributed by atoms with van der Waals surface area (Å²) in [5, 5.41) is 8.41. The molecule has 0 bridgehead atoms. The number of nitriles is 1. The molecule has 0 spiro atoms. The van der Waals surface area contributed by atoms with Crippen LogP contribution in [0.1, 0.15) is 39.5 Å². The zero-order valence-corrected chi connectivity index (χ0v) is 8.89. The van der Waals surface area contributed by atoms with Gasteiger partial charge in [-0.1, -0.05) is 36.2 Å². The summed E-state index contributed by atoms with van der Waals surface area (Å²) >= 11 is 3.60. The van der Waals surface area contributed by atoms with E-state index in [-0.39, 0.29) is 0 Å². The van der Waals surface area contributed by atoms with Gasteiger partial charge in [0.2, 0.25) is 0 Å². The summed E-state index contributed by atoms with van der Waals surface area (Å²) in [5.41, 5.74) is 0. The van der Waals surface area contributed by atoms with E-state index in [9.17, 15) is 0 Å². The Balaban J connectivity index is 3.41. The fraction of sp³-hybridized carbons (Fsp3) is 0.889. The third kappa shape index (κ3) is 6.37. The number of alkyl halides is 1. The normalized spacial score (nSPS) is 15.5. The zero-order valence-electron chi connectivity index (χ0n) is 7.31. The molecular formula is C9H16BrN. The summed E-state index contributed by atoms with van der Waals surface area (Å²) in [6.07, 6.45) is 4.25. The van der Waals surface area contributed by atoms with Crippen molar-refractivity contribution in [3.63, 3.8) is 0 Å². The summed E-state index contributed by atoms with van der Waals surface area (Å²) in [6.45, 7) is 4.32. The highest BCUT2D eigenvalue weighted by atomic mass is 79.9. The van der Waals surface area contributed by atoms with Gasteiger partial charge in [0.05, 0.1) is 6.07 Å². The lowest BCUT2D eigenvalue weighted by molar-refractivity contribution is 0.519. The summed E-state index contributed by atoms with van der Waals surface area (Å²) in [5.74, 6) is 0.538. The molecule has 0 amide bonds. The van der Waals surface area contributed by atoms with Crippen molar-refractivity contribution in [3.05, 3.63) is 0 Å². The first-order valence-electron chi connectivity index (χ1n) is 4.21. The number of hydrogen-bond acceptors (Lipinski definition) is 1. The molecule has 0 aliphatic rings. The highest BCUT2D eigenvalue weighted by Gasteiger charge is 2.08. The molecule has 0 aromatic rings. The van der Waals surface area contributed by atoms with E-state index in [1.54, 1.807) is 0 Å². The molecule has 0 saturated heterocycles. The van der Waals surface area contributed by atoms with Crippen LogP contribution in [0.2, 0.25) is 0 Å². The van der Waals surface area contributed by atoms with Crippen LogP contribution in [0.5, 0.6) is 0 Å². The van der Waals surface area contributed by atoms with Gasteiger partial charge in [0.1, 0.15) is 0 Å². The summed E-state index contributed by atoms with van der Waals surface area (Å²) in [7, 11) is 0. The first-order valence-corrected chi connectivity index (χ1v) is 5.13. The molecule has 2 unspecified atom stereocenters. The highest BCUT2D eigenvalue weighted by Crippen LogP contribution is 2.19. The molecule has 0 rings (SSSR count). The van der Waals surface area contributed by atoms with Crippen molar-refractivity contribution in [2.75, 3.05) is 0 Å². The van der Waals surface area contributed by atoms with Crippen LogP contribution in [-0.2, 0) is 0 Å². The average Bonchev–Trinajstić information content (AvgIpc) is 1.87. The van der Waals surface area contributed by atoms with Crippen molar-refractivity contribution < 1.29 is 0 Å². The predicted octanol–water partition coefficient (Wildman–Crippen LogP) is 3.49. The summed E-state index contributed by atoms with van der Waals surface area (Å²) in [6, 6.07) is 2.19. The standard InChI is InChI=1S/C9H16BrN/c1-3-4-9(10)7-8(2)5-6-11/h8-9H,3-5,7H2,1-2H3. The van der Waals surface area contributed by atoms with Crippen LogP contribution in [0, 0.1) is 17.2 Å². The van der Waals surface area contributed by atoms with E-state index >= 15 is 0 Å². The van der Waals surface area contributed by atoms with Gasteiger partial charge in [0.15, 0.2) is 0 Å². The molecule has 0 aliphatic heterocycles. The number of nitrogens with zero attached hydrogens (tertiary/aromatic N) is 1. The molecular weight excluding hydrogens is 202 g/mol. The predicted molar refractivity (Wildman–Crippen MR) is 51.6 cm³/mol. The van der Waals surface area contributed by atoms with Gasteiger partial charge in [-0.3, -0.25) is 0 Å². The van der Waals surface area contributed by atoms with Gasteiger partial charge in [-0.05, 0) is 18.8 Å². The molecule has 0 aromatic carbocycles. The lowest BCUT2D eigenvalue weighted by Gasteiger charge is -2.11. The van der Waals surface area contributed by atoms with Crippen molar-refractivity contribution in [2.45, 2.75) is 44.4 Å². The molecule has 0 aromatic heterocycles. The van der Waals surface area contributed by atoms with Crippen LogP contribution in [0.3, 0.4) is 0 Å². The maximum absolute atomic E-state index is 8.41. The van der Waals surface area contributed by atoms with Crippen molar-refractivity contribution >= 4 is 15.9 Å². The van der Waals surface area contributed by atoms with Gasteiger partial charge < -0.3 is 0 Å². The quantitative estimate of drug-likeness (QED) is 0.648. The maximum atomic E-state index is 8.41. The van der Waals surface area contributed by atoms with E-state index in [1.807, 2.05) is 0 Å². The Hall–Kier alpha value is -0.0300. The molecule has 0 N–H and O–H groups in total. The molecule has 0 saturated carbocycles. The fourth-order valence-corrected chi connectivity index (χ4v) is 2.20. The van der Waals surface area contributed by atoms with E-state index in [2.05, 4.69) is 35.8 Å². The van der Waals surface area contributed by atoms with Crippen LogP contribution in [0.25, 0.3) is 0 Å². The van der Waals surface area contributed by atoms with Gasteiger partial charge in [0.25, 0.3) is 0 Å². The minimum Gasteiger partial charge on any atom is -0.198 e. The zero-order chi connectivity index (χ0) is 8.69. The van der Waals surface area contributed by atoms with Gasteiger partial charge in [-0.2, -0.15) is 5.26 Å². The Kier molecular flexibility index (Phi) is 6.65. The Morgan fingerprint density at radius 3 is 2.64 bits per heavy atom. The first kappa shape index (κ1) is 11.0. The summed E-state index contributed by atoms with van der Waals surface area (Å²) < 4.78 is 0. The molecule has 1 nitrogen and oxygen atoms in total. The second kappa shape index (κ2) is 6.67. The Labute approximate surface area is 77.9 Å². The number of rotatable bonds is 5. The topological polar surface area (TPSA) is 23.8 Å². The largest absolute Gasteiger partial charge is 0.198 e. The Bertz CT molecular complexity index is 128. The second-order valence-electron chi connectivity index (χ2n) is 3.09. The van der Waals surface area contributed by atoms with Gasteiger partial charge in [-0.15, -0.1) is 0 Å². The van der Waals surface area contributed by atoms with Crippen molar-refractivity contribution in [1.82, 2.24) is 0 Å². The lowest BCUT2D eigenvalue weighted by Crippen LogP contribution is -2.04. The van der Waals surface area contributed by atoms with E-state index in [0.717, 1.165) is 6.42 Å². The van der Waals surface area contributed by atoms with Crippen LogP contribution in [0.15, 0.2) is 0 Å². The Morgan fingerprint density at radius 1 is 1.55 bits per heavy atom. The average molecular weight is 218 g/mol. The van der Waals surface area contributed by atoms with Crippen molar-refractivity contribution in [2.24, 2.45) is 5.92 Å². The number of halogens is 1. The third-order valence-corrected chi connectivity index (χ3v) is 2.53. The highest BCUT2D eigenvalue weighted by molar-refractivity contribution is 9.09. The van der Waals surface area contributed by atoms with E-state index < -0.39 is 0 Å². The van der Waals surface area contributed by atoms with E-state index in [0.29, 0.717) is 17.2 Å². The molecule has 0 fully saturated rings. The van der Waals surface area contributed by atoms with E-state index in [1.165, 1.54) is 12.8 Å². The van der Waals surface area contributed by atoms with Gasteiger partial charge in [-0.25, -0.2) is 0 Å². The minimum atomic E-state index is 0.538. The van der Waals surface area contributed by atoms with Gasteiger partial charge in [0, 0.05) is 11.2 Å². The van der Waals surface area contributed by atoms with Crippen LogP contribution in [-0.4, -0.2) is 4.83 Å². The smallest absolute Gasteiger partial charge is 0.0624 e. The van der Waals surface area contributed by atoms with Crippen molar-refractivity contribution in [1.29, 1.82) is 5.26 Å². The maximum Gasteiger partial charge on any atom is 0.0624 e. The van der Waals surface area contributed by atoms with E-state index in [4.69, 9.17) is 5.26 Å². The van der Waals surface area contributed by atoms with Crippen LogP contribution < -0.4 is 0 Å². The van der Waals surface area contributed by atoms with Crippen LogP contribution >= 0.6 is 15.9 Å². The second-order valence-corrected chi connectivity index (χ2v) is 4.38. The Morgan fingerprint density at radius 2 is 2.18 bits per heavy atom. The minimum absolute atomic E-state index is 0.538. The molecule has 2 atom stereocenters. The molecule has 11 heavy (non-hydrogen) atoms. The third-order valence-electron chi connectivity index (χ3n) is 1.70. The molecule has 64 valence electrons. The number of hydrogen-bond donors (Lipinski definition) is 0.